The Morgan fingerprint density at radius 2 is 1.54 bits per heavy atom. The standard InChI is InChI=1S/C35H37FN3O8P/c1-23(31-32(47-48(4)44-22-8-20-37)30(36)33(45-31)39-21-19-29(40)38-34(39)41)46-35(24-9-6-5-7-10-24,25-11-15-27(42-2)16-12-25)26-13-17-28(43-3)18-14-26/h5-7,9-19,21,23,30-33H,8,22H2,1-4H3,(H,38,40,41)/t23-,30+,31?,32-,33+,48?/m0/s1. The molecule has 13 heteroatoms. The van der Waals surface area contributed by atoms with Crippen LogP contribution in [-0.4, -0.2) is 61.5 Å². The number of H-pyrrole nitrogens is 1. The predicted octanol–water partition coefficient (Wildman–Crippen LogP) is 5.44. The summed E-state index contributed by atoms with van der Waals surface area (Å²) in [5.41, 5.74) is -0.422. The number of halogens is 1. The van der Waals surface area contributed by atoms with Gasteiger partial charge in [0.15, 0.2) is 20.8 Å². The number of nitrogens with one attached hydrogen (secondary N) is 1. The molecule has 2 unspecified atom stereocenters. The van der Waals surface area contributed by atoms with Crippen LogP contribution in [-0.2, 0) is 24.1 Å². The number of nitrogens with zero attached hydrogens (tertiary/aromatic N) is 2. The molecule has 0 spiro atoms. The van der Waals surface area contributed by atoms with E-state index in [9.17, 15) is 9.59 Å². The molecule has 1 saturated heterocycles. The Hall–Kier alpha value is -4.37. The molecule has 1 aliphatic heterocycles. The topological polar surface area (TPSA) is 134 Å². The summed E-state index contributed by atoms with van der Waals surface area (Å²) in [4.78, 5) is 26.7. The van der Waals surface area contributed by atoms with E-state index in [0.29, 0.717) is 11.5 Å². The summed E-state index contributed by atoms with van der Waals surface area (Å²) in [6, 6.07) is 27.7. The Labute approximate surface area is 278 Å². The highest BCUT2D eigenvalue weighted by Crippen LogP contribution is 2.47. The van der Waals surface area contributed by atoms with Gasteiger partial charge in [-0.25, -0.2) is 9.18 Å². The van der Waals surface area contributed by atoms with Crippen molar-refractivity contribution in [1.82, 2.24) is 9.55 Å². The summed E-state index contributed by atoms with van der Waals surface area (Å²) >= 11 is 0. The second kappa shape index (κ2) is 15.7. The third-order valence-electron chi connectivity index (χ3n) is 8.09. The van der Waals surface area contributed by atoms with Gasteiger partial charge in [-0.15, -0.1) is 0 Å². The number of ether oxygens (including phenoxy) is 4. The lowest BCUT2D eigenvalue weighted by atomic mass is 9.79. The minimum absolute atomic E-state index is 0.106. The molecule has 3 aromatic carbocycles. The van der Waals surface area contributed by atoms with E-state index in [4.69, 9.17) is 33.3 Å². The third-order valence-corrected chi connectivity index (χ3v) is 9.17. The largest absolute Gasteiger partial charge is 0.497 e. The molecule has 6 atom stereocenters. The van der Waals surface area contributed by atoms with Crippen LogP contribution in [0.25, 0.3) is 0 Å². The third kappa shape index (κ3) is 7.36. The maximum absolute atomic E-state index is 16.5. The van der Waals surface area contributed by atoms with Crippen molar-refractivity contribution in [2.45, 2.75) is 49.7 Å². The summed E-state index contributed by atoms with van der Waals surface area (Å²) in [5, 5.41) is 8.94. The molecule has 2 heterocycles. The molecular formula is C35H37FN3O8P. The Kier molecular flexibility index (Phi) is 11.4. The molecule has 4 aromatic rings. The first kappa shape index (κ1) is 35.0. The van der Waals surface area contributed by atoms with Gasteiger partial charge in [-0.3, -0.25) is 14.3 Å². The average molecular weight is 678 g/mol. The second-order valence-corrected chi connectivity index (χ2v) is 12.4. The van der Waals surface area contributed by atoms with Crippen LogP contribution in [0, 0.1) is 11.3 Å². The molecule has 0 radical (unpaired) electrons. The van der Waals surface area contributed by atoms with Gasteiger partial charge in [-0.2, -0.15) is 5.26 Å². The summed E-state index contributed by atoms with van der Waals surface area (Å²) < 4.78 is 53.6. The first-order valence-electron chi connectivity index (χ1n) is 15.3. The summed E-state index contributed by atoms with van der Waals surface area (Å²) in [5.74, 6) is 1.30. The first-order chi connectivity index (χ1) is 23.2. The van der Waals surface area contributed by atoms with Crippen LogP contribution >= 0.6 is 8.38 Å². The minimum atomic E-state index is -1.86. The number of methoxy groups -OCH3 is 2. The van der Waals surface area contributed by atoms with Crippen LogP contribution in [0.1, 0.15) is 36.3 Å². The molecule has 11 nitrogen and oxygen atoms in total. The molecule has 252 valence electrons. The summed E-state index contributed by atoms with van der Waals surface area (Å²) in [7, 11) is 1.52. The number of aromatic nitrogens is 2. The van der Waals surface area contributed by atoms with Gasteiger partial charge >= 0.3 is 5.69 Å². The van der Waals surface area contributed by atoms with Crippen LogP contribution in [0.5, 0.6) is 11.5 Å². The monoisotopic (exact) mass is 677 g/mol. The van der Waals surface area contributed by atoms with Crippen molar-refractivity contribution >= 4 is 8.38 Å². The maximum Gasteiger partial charge on any atom is 0.330 e. The van der Waals surface area contributed by atoms with Crippen LogP contribution in [0.15, 0.2) is 101 Å². The minimum Gasteiger partial charge on any atom is -0.497 e. The maximum atomic E-state index is 16.5. The fourth-order valence-corrected chi connectivity index (χ4v) is 6.78. The molecule has 48 heavy (non-hydrogen) atoms. The number of hydrogen-bond acceptors (Lipinski definition) is 9. The Morgan fingerprint density at radius 3 is 2.08 bits per heavy atom. The highest BCUT2D eigenvalue weighted by Gasteiger charge is 2.52. The normalized spacial score (nSPS) is 20.5. The number of benzene rings is 3. The molecule has 1 N–H and O–H groups in total. The van der Waals surface area contributed by atoms with E-state index >= 15 is 4.39 Å². The van der Waals surface area contributed by atoms with Gasteiger partial charge in [0.1, 0.15) is 29.3 Å². The van der Waals surface area contributed by atoms with Crippen molar-refractivity contribution < 1.29 is 32.4 Å². The van der Waals surface area contributed by atoms with Gasteiger partial charge in [0.2, 0.25) is 0 Å². The molecule has 1 aliphatic rings. The fourth-order valence-electron chi connectivity index (χ4n) is 5.80. The van der Waals surface area contributed by atoms with Crippen molar-refractivity contribution in [2.75, 3.05) is 27.5 Å². The fraction of sp³-hybridized carbons (Fsp3) is 0.343. The molecule has 1 fully saturated rings. The van der Waals surface area contributed by atoms with Crippen LogP contribution in [0.3, 0.4) is 0 Å². The van der Waals surface area contributed by atoms with Gasteiger partial charge in [-0.05, 0) is 47.9 Å². The number of hydrogen-bond donors (Lipinski definition) is 1. The highest BCUT2D eigenvalue weighted by molar-refractivity contribution is 7.46. The molecular weight excluding hydrogens is 640 g/mol. The van der Waals surface area contributed by atoms with Crippen LogP contribution < -0.4 is 20.7 Å². The Balaban J connectivity index is 1.61. The molecule has 0 aliphatic carbocycles. The Morgan fingerprint density at radius 1 is 0.958 bits per heavy atom. The molecule has 5 rings (SSSR count). The number of aromatic amines is 1. The lowest BCUT2D eigenvalue weighted by molar-refractivity contribution is -0.135. The Bertz CT molecular complexity index is 1750. The van der Waals surface area contributed by atoms with E-state index in [1.165, 1.54) is 6.20 Å². The van der Waals surface area contributed by atoms with Gasteiger partial charge in [-0.1, -0.05) is 54.6 Å². The number of rotatable bonds is 14. The van der Waals surface area contributed by atoms with E-state index in [1.54, 1.807) is 27.8 Å². The van der Waals surface area contributed by atoms with E-state index in [1.807, 2.05) is 84.9 Å². The second-order valence-electron chi connectivity index (χ2n) is 11.0. The van der Waals surface area contributed by atoms with Crippen molar-refractivity contribution in [3.05, 3.63) is 129 Å². The van der Waals surface area contributed by atoms with Crippen LogP contribution in [0.2, 0.25) is 0 Å². The molecule has 1 aromatic heterocycles. The smallest absolute Gasteiger partial charge is 0.330 e. The van der Waals surface area contributed by atoms with Gasteiger partial charge in [0.05, 0.1) is 39.4 Å². The van der Waals surface area contributed by atoms with E-state index in [2.05, 4.69) is 4.98 Å². The summed E-state index contributed by atoms with van der Waals surface area (Å²) in [6.07, 6.45) is -5.16. The molecule has 0 amide bonds. The quantitative estimate of drug-likeness (QED) is 0.105. The van der Waals surface area contributed by atoms with Crippen molar-refractivity contribution in [2.24, 2.45) is 0 Å². The molecule has 0 bridgehead atoms. The van der Waals surface area contributed by atoms with Crippen LogP contribution in [0.4, 0.5) is 4.39 Å². The zero-order valence-corrected chi connectivity index (χ0v) is 27.8. The van der Waals surface area contributed by atoms with Crippen molar-refractivity contribution in [3.8, 4) is 17.6 Å². The van der Waals surface area contributed by atoms with E-state index in [0.717, 1.165) is 27.3 Å². The van der Waals surface area contributed by atoms with E-state index < -0.39 is 55.9 Å². The lowest BCUT2D eigenvalue weighted by Gasteiger charge is -2.40. The van der Waals surface area contributed by atoms with Gasteiger partial charge in [0, 0.05) is 18.9 Å². The van der Waals surface area contributed by atoms with Crippen molar-refractivity contribution in [1.29, 1.82) is 5.26 Å². The summed E-state index contributed by atoms with van der Waals surface area (Å²) in [6.45, 7) is 3.52. The SMILES string of the molecule is COc1ccc(C(O[C@@H](C)C2O[C@@H](n3ccc(=O)[nH]c3=O)[C@H](F)[C@@H]2OP(C)OCCC#N)(c2ccccc2)c2ccc(OC)cc2)cc1. The predicted molar refractivity (Wildman–Crippen MR) is 177 cm³/mol. The number of nitriles is 1. The number of alkyl halides is 1. The lowest BCUT2D eigenvalue weighted by Crippen LogP contribution is -2.44. The zero-order valence-electron chi connectivity index (χ0n) is 26.9. The van der Waals surface area contributed by atoms with E-state index in [-0.39, 0.29) is 13.0 Å². The average Bonchev–Trinajstić information content (AvgIpc) is 3.42. The first-order valence-corrected chi connectivity index (χ1v) is 16.9. The van der Waals surface area contributed by atoms with Gasteiger partial charge < -0.3 is 28.0 Å². The van der Waals surface area contributed by atoms with Crippen molar-refractivity contribution in [3.63, 3.8) is 0 Å². The molecule has 0 saturated carbocycles. The zero-order chi connectivity index (χ0) is 34.3. The van der Waals surface area contributed by atoms with Gasteiger partial charge in [0.25, 0.3) is 5.56 Å². The highest BCUT2D eigenvalue weighted by atomic mass is 31.2.